The molecule has 7 heteroatoms. The van der Waals surface area contributed by atoms with Gasteiger partial charge in [-0.3, -0.25) is 9.69 Å². The molecule has 0 aromatic heterocycles. The molecule has 0 unspecified atom stereocenters. The van der Waals surface area contributed by atoms with Crippen molar-refractivity contribution in [1.82, 2.24) is 4.90 Å². The number of hydrogen-bond donors (Lipinski definition) is 1. The van der Waals surface area contributed by atoms with Crippen molar-refractivity contribution in [2.45, 2.75) is 18.1 Å². The van der Waals surface area contributed by atoms with E-state index in [0.29, 0.717) is 6.54 Å². The fraction of sp³-hybridized carbons (Fsp3) is 0.278. The van der Waals surface area contributed by atoms with E-state index >= 15 is 0 Å². The summed E-state index contributed by atoms with van der Waals surface area (Å²) in [4.78, 5) is 15.0. The van der Waals surface area contributed by atoms with E-state index in [4.69, 9.17) is 0 Å². The first kappa shape index (κ1) is 19.2. The van der Waals surface area contributed by atoms with Gasteiger partial charge in [0.25, 0.3) is 0 Å². The highest BCUT2D eigenvalue weighted by atomic mass is 32.2. The first-order chi connectivity index (χ1) is 12.0. The van der Waals surface area contributed by atoms with Crippen molar-refractivity contribution in [2.75, 3.05) is 25.2 Å². The van der Waals surface area contributed by atoms with Gasteiger partial charge >= 0.3 is 6.61 Å². The Balaban J connectivity index is 1.84. The van der Waals surface area contributed by atoms with Gasteiger partial charge in [0.15, 0.2) is 0 Å². The summed E-state index contributed by atoms with van der Waals surface area (Å²) in [7, 11) is 1.82. The lowest BCUT2D eigenvalue weighted by molar-refractivity contribution is -0.117. The largest absolute Gasteiger partial charge is 0.435 e. The zero-order valence-corrected chi connectivity index (χ0v) is 14.9. The van der Waals surface area contributed by atoms with Gasteiger partial charge in [-0.2, -0.15) is 8.78 Å². The molecule has 1 amide bonds. The summed E-state index contributed by atoms with van der Waals surface area (Å²) in [5.41, 5.74) is 1.67. The van der Waals surface area contributed by atoms with Gasteiger partial charge < -0.3 is 10.1 Å². The van der Waals surface area contributed by atoms with Gasteiger partial charge in [0, 0.05) is 17.1 Å². The van der Waals surface area contributed by atoms with Gasteiger partial charge in [-0.25, -0.2) is 0 Å². The highest BCUT2D eigenvalue weighted by Crippen LogP contribution is 2.19. The number of rotatable bonds is 8. The Morgan fingerprint density at radius 2 is 1.96 bits per heavy atom. The number of nitrogens with one attached hydrogen (secondary N) is 1. The number of alkyl halides is 2. The number of carbonyl (C=O) groups excluding carboxylic acids is 1. The Bertz CT molecular complexity index is 696. The Labute approximate surface area is 150 Å². The zero-order valence-electron chi connectivity index (χ0n) is 14.0. The smallest absolute Gasteiger partial charge is 0.387 e. The quantitative estimate of drug-likeness (QED) is 0.715. The van der Waals surface area contributed by atoms with Crippen molar-refractivity contribution in [1.29, 1.82) is 0 Å². The zero-order chi connectivity index (χ0) is 18.2. The van der Waals surface area contributed by atoms with Crippen LogP contribution in [-0.2, 0) is 11.3 Å². The summed E-state index contributed by atoms with van der Waals surface area (Å²) in [6.45, 7) is -2.09. The molecule has 4 nitrogen and oxygen atoms in total. The Kier molecular flexibility index (Phi) is 7.21. The fourth-order valence-electron chi connectivity index (χ4n) is 2.29. The summed E-state index contributed by atoms with van der Waals surface area (Å²) in [6, 6.07) is 14.0. The third kappa shape index (κ3) is 6.72. The van der Waals surface area contributed by atoms with Crippen LogP contribution in [0.5, 0.6) is 5.75 Å². The maximum Gasteiger partial charge on any atom is 0.387 e. The molecule has 0 saturated carbocycles. The van der Waals surface area contributed by atoms with Crippen LogP contribution >= 0.6 is 11.8 Å². The van der Waals surface area contributed by atoms with Crippen molar-refractivity contribution in [3.8, 4) is 5.75 Å². The second-order valence-electron chi connectivity index (χ2n) is 5.47. The van der Waals surface area contributed by atoms with Crippen LogP contribution in [0.15, 0.2) is 53.4 Å². The van der Waals surface area contributed by atoms with Crippen LogP contribution in [0.4, 0.5) is 14.5 Å². The van der Waals surface area contributed by atoms with E-state index in [2.05, 4.69) is 10.1 Å². The molecule has 2 aromatic rings. The topological polar surface area (TPSA) is 41.6 Å². The molecule has 0 aliphatic carbocycles. The minimum Gasteiger partial charge on any atom is -0.435 e. The van der Waals surface area contributed by atoms with E-state index in [1.54, 1.807) is 23.9 Å². The molecule has 0 radical (unpaired) electrons. The van der Waals surface area contributed by atoms with Gasteiger partial charge in [0.2, 0.25) is 5.91 Å². The molecule has 0 bridgehead atoms. The van der Waals surface area contributed by atoms with Gasteiger partial charge in [-0.15, -0.1) is 11.8 Å². The number of carbonyl (C=O) groups is 1. The van der Waals surface area contributed by atoms with Crippen LogP contribution in [-0.4, -0.2) is 37.3 Å². The summed E-state index contributed by atoms with van der Waals surface area (Å²) in [5, 5.41) is 2.87. The number of benzene rings is 2. The van der Waals surface area contributed by atoms with E-state index in [-0.39, 0.29) is 18.2 Å². The second kappa shape index (κ2) is 9.39. The summed E-state index contributed by atoms with van der Waals surface area (Å²) in [6.07, 6.45) is 1.98. The van der Waals surface area contributed by atoms with Crippen LogP contribution in [0, 0.1) is 0 Å². The first-order valence-corrected chi connectivity index (χ1v) is 8.85. The summed E-state index contributed by atoms with van der Waals surface area (Å²) in [5.74, 6) is 0.00577. The normalized spacial score (nSPS) is 11.0. The second-order valence-corrected chi connectivity index (χ2v) is 6.35. The predicted molar refractivity (Wildman–Crippen MR) is 96.3 cm³/mol. The number of thioether (sulfide) groups is 1. The van der Waals surface area contributed by atoms with Gasteiger partial charge in [-0.1, -0.05) is 18.2 Å². The number of amides is 1. The fourth-order valence-corrected chi connectivity index (χ4v) is 2.75. The van der Waals surface area contributed by atoms with Crippen LogP contribution in [0.25, 0.3) is 0 Å². The van der Waals surface area contributed by atoms with Crippen molar-refractivity contribution in [2.24, 2.45) is 0 Å². The third-order valence-electron chi connectivity index (χ3n) is 3.37. The molecule has 1 N–H and O–H groups in total. The predicted octanol–water partition coefficient (Wildman–Crippen LogP) is 4.08. The number of ether oxygens (including phenoxy) is 1. The molecule has 0 fully saturated rings. The average molecular weight is 366 g/mol. The lowest BCUT2D eigenvalue weighted by Crippen LogP contribution is -2.29. The molecule has 2 rings (SSSR count). The van der Waals surface area contributed by atoms with Gasteiger partial charge in [0.1, 0.15) is 5.75 Å². The van der Waals surface area contributed by atoms with E-state index in [9.17, 15) is 13.6 Å². The van der Waals surface area contributed by atoms with E-state index in [1.807, 2.05) is 42.5 Å². The van der Waals surface area contributed by atoms with E-state index in [0.717, 1.165) is 16.1 Å². The Hall–Kier alpha value is -2.12. The van der Waals surface area contributed by atoms with Crippen molar-refractivity contribution in [3.63, 3.8) is 0 Å². The number of anilines is 1. The van der Waals surface area contributed by atoms with Crippen LogP contribution in [0.2, 0.25) is 0 Å². The molecule has 25 heavy (non-hydrogen) atoms. The van der Waals surface area contributed by atoms with Crippen molar-refractivity contribution < 1.29 is 18.3 Å². The van der Waals surface area contributed by atoms with Crippen molar-refractivity contribution in [3.05, 3.63) is 54.1 Å². The monoisotopic (exact) mass is 366 g/mol. The lowest BCUT2D eigenvalue weighted by atomic mass is 10.2. The average Bonchev–Trinajstić information content (AvgIpc) is 2.56. The van der Waals surface area contributed by atoms with Gasteiger partial charge in [-0.05, 0) is 49.2 Å². The minimum atomic E-state index is -2.83. The van der Waals surface area contributed by atoms with Crippen LogP contribution < -0.4 is 10.1 Å². The molecule has 0 atom stereocenters. The minimum absolute atomic E-state index is 0.113. The highest BCUT2D eigenvalue weighted by Gasteiger charge is 2.09. The number of halogens is 2. The maximum absolute atomic E-state index is 12.1. The Morgan fingerprint density at radius 3 is 2.60 bits per heavy atom. The maximum atomic E-state index is 12.1. The van der Waals surface area contributed by atoms with Crippen LogP contribution in [0.3, 0.4) is 0 Å². The third-order valence-corrected chi connectivity index (χ3v) is 4.09. The highest BCUT2D eigenvalue weighted by molar-refractivity contribution is 7.98. The van der Waals surface area contributed by atoms with Crippen molar-refractivity contribution >= 4 is 23.4 Å². The SMILES string of the molecule is CSc1cccc(NC(=O)CN(C)Cc2ccc(OC(F)F)cc2)c1. The molecule has 134 valence electrons. The molecule has 0 spiro atoms. The summed E-state index contributed by atoms with van der Waals surface area (Å²) >= 11 is 1.61. The molecule has 0 aliphatic rings. The molecule has 0 heterocycles. The summed E-state index contributed by atoms with van der Waals surface area (Å²) < 4.78 is 28.6. The van der Waals surface area contributed by atoms with E-state index < -0.39 is 6.61 Å². The first-order valence-electron chi connectivity index (χ1n) is 7.62. The molecular weight excluding hydrogens is 346 g/mol. The van der Waals surface area contributed by atoms with Gasteiger partial charge in [0.05, 0.1) is 6.54 Å². The number of likely N-dealkylation sites (N-methyl/N-ethyl adjacent to an activating group) is 1. The Morgan fingerprint density at radius 1 is 1.24 bits per heavy atom. The number of hydrogen-bond acceptors (Lipinski definition) is 4. The van der Waals surface area contributed by atoms with Crippen LogP contribution in [0.1, 0.15) is 5.56 Å². The lowest BCUT2D eigenvalue weighted by Gasteiger charge is -2.17. The standard InChI is InChI=1S/C18H20F2N2O2S/c1-22(11-13-6-8-15(9-7-13)24-18(19)20)12-17(23)21-14-4-3-5-16(10-14)25-2/h3-10,18H,11-12H2,1-2H3,(H,21,23). The molecule has 0 saturated heterocycles. The molecule has 2 aromatic carbocycles. The number of nitrogens with zero attached hydrogens (tertiary/aromatic N) is 1. The molecular formula is C18H20F2N2O2S. The molecule has 0 aliphatic heterocycles. The van der Waals surface area contributed by atoms with E-state index in [1.165, 1.54) is 12.1 Å².